The van der Waals surface area contributed by atoms with Crippen LogP contribution in [0.3, 0.4) is 0 Å². The molecule has 0 heterocycles. The zero-order valence-electron chi connectivity index (χ0n) is 16.1. The predicted octanol–water partition coefficient (Wildman–Crippen LogP) is 5.06. The summed E-state index contributed by atoms with van der Waals surface area (Å²) in [4.78, 5) is 2.50. The Bertz CT molecular complexity index is 1070. The first-order valence-electron chi connectivity index (χ1n) is 9.15. The van der Waals surface area contributed by atoms with E-state index in [-0.39, 0.29) is 4.90 Å². The van der Waals surface area contributed by atoms with Crippen LogP contribution in [0.25, 0.3) is 12.2 Å². The summed E-state index contributed by atoms with van der Waals surface area (Å²) in [5.74, 6) is 0. The Kier molecular flexibility index (Phi) is 6.76. The molecule has 1 N–H and O–H groups in total. The van der Waals surface area contributed by atoms with Gasteiger partial charge >= 0.3 is 0 Å². The van der Waals surface area contributed by atoms with E-state index in [2.05, 4.69) is 9.93 Å². The molecule has 0 spiro atoms. The third-order valence-electron chi connectivity index (χ3n) is 4.12. The smallest absolute Gasteiger partial charge is 0.200 e. The van der Waals surface area contributed by atoms with Gasteiger partial charge in [0.05, 0.1) is 10.6 Å². The Balaban J connectivity index is 1.85. The Labute approximate surface area is 172 Å². The Morgan fingerprint density at radius 3 is 1.72 bits per heavy atom. The number of rotatable bonds is 7. The summed E-state index contributed by atoms with van der Waals surface area (Å²) in [6.45, 7) is 1.91. The second-order valence-corrected chi connectivity index (χ2v) is 8.09. The van der Waals surface area contributed by atoms with Gasteiger partial charge in [0.15, 0.2) is 0 Å². The van der Waals surface area contributed by atoms with Gasteiger partial charge in [-0.05, 0) is 42.3 Å². The van der Waals surface area contributed by atoms with Crippen LogP contribution in [0.5, 0.6) is 0 Å². The number of hydrogen-bond acceptors (Lipinski definition) is 3. The quantitative estimate of drug-likeness (QED) is 0.444. The fourth-order valence-electron chi connectivity index (χ4n) is 2.50. The average molecular weight is 403 g/mol. The summed E-state index contributed by atoms with van der Waals surface area (Å²) in [7, 11) is -3.74. The summed E-state index contributed by atoms with van der Waals surface area (Å²) >= 11 is 0. The lowest BCUT2D eigenvalue weighted by Crippen LogP contribution is -2.19. The molecule has 0 aliphatic carbocycles. The number of hydrogen-bond donors (Lipinski definition) is 1. The van der Waals surface area contributed by atoms with E-state index in [9.17, 15) is 8.42 Å². The van der Waals surface area contributed by atoms with Gasteiger partial charge in [0.1, 0.15) is 0 Å². The van der Waals surface area contributed by atoms with Crippen LogP contribution >= 0.6 is 0 Å². The van der Waals surface area contributed by atoms with E-state index in [0.29, 0.717) is 5.71 Å². The topological polar surface area (TPSA) is 58.5 Å². The molecule has 0 atom stereocenters. The van der Waals surface area contributed by atoms with Crippen LogP contribution in [0, 0.1) is 6.92 Å². The van der Waals surface area contributed by atoms with Crippen LogP contribution in [0.1, 0.15) is 16.7 Å². The van der Waals surface area contributed by atoms with Gasteiger partial charge in [-0.1, -0.05) is 90.5 Å². The van der Waals surface area contributed by atoms with E-state index in [4.69, 9.17) is 0 Å². The molecule has 0 aromatic heterocycles. The highest BCUT2D eigenvalue weighted by Crippen LogP contribution is 2.10. The molecule has 0 unspecified atom stereocenters. The minimum Gasteiger partial charge on any atom is -0.200 e. The van der Waals surface area contributed by atoms with Crippen molar-refractivity contribution in [3.8, 4) is 0 Å². The third-order valence-corrected chi connectivity index (χ3v) is 5.34. The molecule has 0 bridgehead atoms. The molecule has 3 aromatic rings. The van der Waals surface area contributed by atoms with Crippen molar-refractivity contribution >= 4 is 27.9 Å². The normalized spacial score (nSPS) is 11.6. The molecule has 4 nitrogen and oxygen atoms in total. The van der Waals surface area contributed by atoms with E-state index >= 15 is 0 Å². The van der Waals surface area contributed by atoms with Gasteiger partial charge in [0, 0.05) is 0 Å². The zero-order chi connectivity index (χ0) is 20.5. The monoisotopic (exact) mass is 402 g/mol. The Morgan fingerprint density at radius 2 is 1.24 bits per heavy atom. The summed E-state index contributed by atoms with van der Waals surface area (Å²) in [6, 6.07) is 26.1. The minimum atomic E-state index is -3.74. The van der Waals surface area contributed by atoms with Gasteiger partial charge < -0.3 is 0 Å². The number of allylic oxidation sites excluding steroid dienone is 2. The molecule has 0 radical (unpaired) electrons. The molecule has 0 fully saturated rings. The highest BCUT2D eigenvalue weighted by Gasteiger charge is 2.12. The first kappa shape index (κ1) is 20.3. The van der Waals surface area contributed by atoms with Crippen molar-refractivity contribution in [2.45, 2.75) is 11.8 Å². The number of nitrogens with one attached hydrogen (secondary N) is 1. The third kappa shape index (κ3) is 6.30. The van der Waals surface area contributed by atoms with E-state index in [1.54, 1.807) is 36.4 Å². The predicted molar refractivity (Wildman–Crippen MR) is 120 cm³/mol. The van der Waals surface area contributed by atoms with Crippen molar-refractivity contribution < 1.29 is 8.42 Å². The van der Waals surface area contributed by atoms with Gasteiger partial charge in [-0.2, -0.15) is 18.4 Å². The number of benzene rings is 3. The first-order valence-corrected chi connectivity index (χ1v) is 10.6. The van der Waals surface area contributed by atoms with Crippen molar-refractivity contribution in [3.05, 3.63) is 114 Å². The maximum Gasteiger partial charge on any atom is 0.276 e. The van der Waals surface area contributed by atoms with Crippen LogP contribution in [0.4, 0.5) is 0 Å². The summed E-state index contributed by atoms with van der Waals surface area (Å²) in [6.07, 6.45) is 7.31. The van der Waals surface area contributed by atoms with Crippen LogP contribution < -0.4 is 4.83 Å². The van der Waals surface area contributed by atoms with Crippen LogP contribution in [-0.4, -0.2) is 14.1 Å². The first-order chi connectivity index (χ1) is 14.0. The molecule has 0 aliphatic heterocycles. The molecule has 0 amide bonds. The SMILES string of the molecule is Cc1ccc(S(=O)(=O)NN=C(C=Cc2ccccc2)C=Cc2ccccc2)cc1. The standard InChI is InChI=1S/C24H22N2O2S/c1-20-12-18-24(19-13-20)29(27,28)26-25-23(16-14-21-8-4-2-5-9-21)17-15-22-10-6-3-7-11-22/h2-19,26H,1H3. The number of sulfonamides is 1. The fourth-order valence-corrected chi connectivity index (χ4v) is 3.33. The number of aryl methyl sites for hydroxylation is 1. The van der Waals surface area contributed by atoms with Gasteiger partial charge in [-0.25, -0.2) is 0 Å². The molecule has 0 aliphatic rings. The molecule has 0 saturated heterocycles. The Morgan fingerprint density at radius 1 is 0.759 bits per heavy atom. The van der Waals surface area contributed by atoms with Crippen molar-refractivity contribution in [3.63, 3.8) is 0 Å². The second-order valence-electron chi connectivity index (χ2n) is 6.43. The van der Waals surface area contributed by atoms with Gasteiger partial charge in [-0.3, -0.25) is 0 Å². The summed E-state index contributed by atoms with van der Waals surface area (Å²) in [5, 5.41) is 4.13. The average Bonchev–Trinajstić information content (AvgIpc) is 2.75. The lowest BCUT2D eigenvalue weighted by Gasteiger charge is -2.04. The van der Waals surface area contributed by atoms with Gasteiger partial charge in [0.25, 0.3) is 10.0 Å². The molecule has 146 valence electrons. The molecule has 29 heavy (non-hydrogen) atoms. The molecular formula is C24H22N2O2S. The van der Waals surface area contributed by atoms with Crippen LogP contribution in [0.2, 0.25) is 0 Å². The van der Waals surface area contributed by atoms with Crippen molar-refractivity contribution in [2.24, 2.45) is 5.10 Å². The molecule has 3 aromatic carbocycles. The van der Waals surface area contributed by atoms with Gasteiger partial charge in [0.2, 0.25) is 0 Å². The lowest BCUT2D eigenvalue weighted by atomic mass is 10.1. The van der Waals surface area contributed by atoms with Gasteiger partial charge in [-0.15, -0.1) is 0 Å². The molecular weight excluding hydrogens is 380 g/mol. The van der Waals surface area contributed by atoms with E-state index in [1.807, 2.05) is 79.7 Å². The van der Waals surface area contributed by atoms with Crippen molar-refractivity contribution in [2.75, 3.05) is 0 Å². The molecule has 3 rings (SSSR count). The maximum absolute atomic E-state index is 12.5. The summed E-state index contributed by atoms with van der Waals surface area (Å²) < 4.78 is 25.1. The van der Waals surface area contributed by atoms with Crippen molar-refractivity contribution in [1.82, 2.24) is 4.83 Å². The van der Waals surface area contributed by atoms with Crippen molar-refractivity contribution in [1.29, 1.82) is 0 Å². The lowest BCUT2D eigenvalue weighted by molar-refractivity contribution is 0.584. The van der Waals surface area contributed by atoms with Crippen LogP contribution in [0.15, 0.2) is 107 Å². The molecule has 5 heteroatoms. The number of nitrogens with zero attached hydrogens (tertiary/aromatic N) is 1. The largest absolute Gasteiger partial charge is 0.276 e. The van der Waals surface area contributed by atoms with E-state index in [1.165, 1.54) is 0 Å². The molecule has 0 saturated carbocycles. The van der Waals surface area contributed by atoms with E-state index in [0.717, 1.165) is 16.7 Å². The highest BCUT2D eigenvalue weighted by molar-refractivity contribution is 7.89. The zero-order valence-corrected chi connectivity index (χ0v) is 16.9. The maximum atomic E-state index is 12.5. The van der Waals surface area contributed by atoms with E-state index < -0.39 is 10.0 Å². The Hall–Kier alpha value is -3.44. The fraction of sp³-hybridized carbons (Fsp3) is 0.0417. The second kappa shape index (κ2) is 9.66. The highest BCUT2D eigenvalue weighted by atomic mass is 32.2. The van der Waals surface area contributed by atoms with Crippen LogP contribution in [-0.2, 0) is 10.0 Å². The summed E-state index contributed by atoms with van der Waals surface area (Å²) in [5.41, 5.74) is 3.46. The minimum absolute atomic E-state index is 0.172. The number of hydrazone groups is 1.